The van der Waals surface area contributed by atoms with Crippen LogP contribution in [0.5, 0.6) is 0 Å². The number of hydrogen-bond acceptors (Lipinski definition) is 15. The second kappa shape index (κ2) is 74.2. The van der Waals surface area contributed by atoms with E-state index < -0.39 is 97.5 Å². The van der Waals surface area contributed by atoms with Crippen LogP contribution in [-0.2, 0) is 65.4 Å². The predicted molar refractivity (Wildman–Crippen MR) is 417 cm³/mol. The van der Waals surface area contributed by atoms with Crippen LogP contribution in [0.15, 0.2) is 146 Å². The molecule has 0 aromatic carbocycles. The van der Waals surface area contributed by atoms with E-state index in [1.54, 1.807) is 0 Å². The molecule has 0 aromatic heterocycles. The molecule has 5 atom stereocenters. The maximum atomic E-state index is 13.1. The molecule has 0 radical (unpaired) electrons. The fourth-order valence-electron chi connectivity index (χ4n) is 9.81. The van der Waals surface area contributed by atoms with Gasteiger partial charge >= 0.3 is 39.5 Å². The van der Waals surface area contributed by atoms with E-state index >= 15 is 0 Å². The number of ether oxygens (including phenoxy) is 4. The molecule has 0 aliphatic carbocycles. The number of hydrogen-bond donors (Lipinski definition) is 3. The number of carbonyl (C=O) groups is 4. The zero-order valence-corrected chi connectivity index (χ0v) is 65.3. The lowest BCUT2D eigenvalue weighted by Gasteiger charge is -2.21. The van der Waals surface area contributed by atoms with Gasteiger partial charge in [0.15, 0.2) is 12.2 Å². The van der Waals surface area contributed by atoms with Crippen molar-refractivity contribution in [1.82, 2.24) is 0 Å². The summed E-state index contributed by atoms with van der Waals surface area (Å²) in [6, 6.07) is 0. The SMILES string of the molecule is CC/C=C\C/C=C\C/C=C\C/C=C\C/C=C\C/C=C\CCC(=O)O[C@H](COC(=O)CCCCCCC/C=C\CCCCCC)COP(=O)(O)OC[C@@H](O)COP(=O)(O)OC[C@@H](COC(=O)CCCCCCC/C=C\CCCCCC)OC(=O)CCC/C=C\C/C=C\C/C=C\C/C=C\CCCCC. The summed E-state index contributed by atoms with van der Waals surface area (Å²) in [5.74, 6) is -2.36. The lowest BCUT2D eigenvalue weighted by Crippen LogP contribution is -2.30. The summed E-state index contributed by atoms with van der Waals surface area (Å²) in [7, 11) is -10.0. The van der Waals surface area contributed by atoms with Crippen LogP contribution in [0.25, 0.3) is 0 Å². The summed E-state index contributed by atoms with van der Waals surface area (Å²) in [4.78, 5) is 72.9. The van der Waals surface area contributed by atoms with E-state index in [2.05, 4.69) is 143 Å². The number of carbonyl (C=O) groups excluding carboxylic acids is 4. The topological polar surface area (TPSA) is 237 Å². The Labute approximate surface area is 617 Å². The van der Waals surface area contributed by atoms with Gasteiger partial charge in [-0.3, -0.25) is 37.3 Å². The van der Waals surface area contributed by atoms with Crippen LogP contribution in [0.3, 0.4) is 0 Å². The number of rotatable bonds is 72. The number of phosphoric ester groups is 2. The fourth-order valence-corrected chi connectivity index (χ4v) is 11.4. The summed E-state index contributed by atoms with van der Waals surface area (Å²) in [6.07, 6.45) is 84.3. The van der Waals surface area contributed by atoms with E-state index in [0.29, 0.717) is 38.5 Å². The van der Waals surface area contributed by atoms with Gasteiger partial charge in [-0.2, -0.15) is 0 Å². The molecule has 2 unspecified atom stereocenters. The molecular formula is C83H138O17P2. The molecule has 17 nitrogen and oxygen atoms in total. The molecule has 0 fully saturated rings. The third-order valence-corrected chi connectivity index (χ3v) is 17.7. The van der Waals surface area contributed by atoms with Crippen molar-refractivity contribution in [2.24, 2.45) is 0 Å². The zero-order chi connectivity index (χ0) is 74.6. The monoisotopic (exact) mass is 1470 g/mol. The first kappa shape index (κ1) is 96.9. The van der Waals surface area contributed by atoms with Gasteiger partial charge in [0.05, 0.1) is 26.4 Å². The minimum atomic E-state index is -5.01. The lowest BCUT2D eigenvalue weighted by molar-refractivity contribution is -0.161. The first-order valence-corrected chi connectivity index (χ1v) is 42.1. The van der Waals surface area contributed by atoms with Gasteiger partial charge in [-0.1, -0.05) is 263 Å². The molecule has 0 amide bonds. The Hall–Kier alpha value is -5.06. The second-order valence-corrected chi connectivity index (χ2v) is 28.5. The molecule has 0 saturated heterocycles. The maximum Gasteiger partial charge on any atom is 0.472 e. The quantitative estimate of drug-likeness (QED) is 0.0169. The molecule has 0 saturated carbocycles. The van der Waals surface area contributed by atoms with Crippen molar-refractivity contribution in [3.05, 3.63) is 146 Å². The third kappa shape index (κ3) is 73.3. The Morgan fingerprint density at radius 1 is 0.284 bits per heavy atom. The van der Waals surface area contributed by atoms with Crippen molar-refractivity contribution in [3.8, 4) is 0 Å². The Morgan fingerprint density at radius 3 is 0.902 bits per heavy atom. The standard InChI is InChI=1S/C83H138O17P2/c1-5-9-13-17-21-25-29-33-35-37-38-40-42-46-50-54-58-62-66-70-83(88)100-79(74-94-81(86)68-64-60-56-52-48-44-32-28-24-20-16-12-8-4)76-98-102(91,92)96-72-77(84)71-95-101(89,90)97-75-78(73-93-80(85)67-63-59-55-51-47-43-31-27-23-19-15-11-7-3)99-82(87)69-65-61-57-53-49-45-41-39-36-34-30-26-22-18-14-10-6-2/h9,13,21-22,25-28,31-36,38,40-41,45-46,50,53,57-58,62,77-79,84H,5-8,10-12,14-20,23-24,29-30,37,39,42-44,47-49,51-52,54-56,59-61,63-76H2,1-4H3,(H,89,90)(H,91,92)/b13-9-,25-21-,26-22-,31-27-,32-28-,35-33-,36-34-,40-38-,45-41-,50-46-,57-53-,62-58-/t77-,78+,79+/m0/s1. The zero-order valence-electron chi connectivity index (χ0n) is 63.5. The molecule has 0 spiro atoms. The van der Waals surface area contributed by atoms with E-state index in [1.807, 2.05) is 30.4 Å². The van der Waals surface area contributed by atoms with E-state index in [9.17, 15) is 43.2 Å². The Morgan fingerprint density at radius 2 is 0.539 bits per heavy atom. The number of phosphoric acid groups is 2. The molecule has 0 rings (SSSR count). The molecule has 0 bridgehead atoms. The summed E-state index contributed by atoms with van der Waals surface area (Å²) in [5, 5.41) is 10.6. The summed E-state index contributed by atoms with van der Waals surface area (Å²) in [5.41, 5.74) is 0. The van der Waals surface area contributed by atoms with E-state index in [4.69, 9.17) is 37.0 Å². The molecule has 582 valence electrons. The molecule has 3 N–H and O–H groups in total. The third-order valence-electron chi connectivity index (χ3n) is 15.8. The van der Waals surface area contributed by atoms with Crippen molar-refractivity contribution in [1.29, 1.82) is 0 Å². The minimum absolute atomic E-state index is 0.0122. The predicted octanol–water partition coefficient (Wildman–Crippen LogP) is 22.7. The summed E-state index contributed by atoms with van der Waals surface area (Å²) < 4.78 is 68.4. The van der Waals surface area contributed by atoms with Crippen LogP contribution in [-0.4, -0.2) is 96.7 Å². The van der Waals surface area contributed by atoms with E-state index in [0.717, 1.165) is 135 Å². The number of esters is 4. The largest absolute Gasteiger partial charge is 0.472 e. The van der Waals surface area contributed by atoms with Crippen LogP contribution >= 0.6 is 15.6 Å². The van der Waals surface area contributed by atoms with Crippen molar-refractivity contribution in [2.45, 2.75) is 316 Å². The Kier molecular flexibility index (Phi) is 70.5. The first-order valence-electron chi connectivity index (χ1n) is 39.1. The maximum absolute atomic E-state index is 13.1. The van der Waals surface area contributed by atoms with E-state index in [1.165, 1.54) is 70.6 Å². The van der Waals surface area contributed by atoms with Gasteiger partial charge in [0, 0.05) is 25.7 Å². The molecular weight excluding hydrogens is 1330 g/mol. The molecule has 0 aliphatic heterocycles. The smallest absolute Gasteiger partial charge is 0.462 e. The molecule has 19 heteroatoms. The van der Waals surface area contributed by atoms with Crippen LogP contribution in [0.1, 0.15) is 297 Å². The number of aliphatic hydroxyl groups is 1. The highest BCUT2D eigenvalue weighted by Gasteiger charge is 2.30. The highest BCUT2D eigenvalue weighted by molar-refractivity contribution is 7.47. The number of unbranched alkanes of at least 4 members (excludes halogenated alkanes) is 22. The molecule has 0 aliphatic rings. The van der Waals surface area contributed by atoms with Crippen LogP contribution in [0.4, 0.5) is 0 Å². The van der Waals surface area contributed by atoms with Gasteiger partial charge in [0.2, 0.25) is 0 Å². The van der Waals surface area contributed by atoms with Gasteiger partial charge in [0.25, 0.3) is 0 Å². The van der Waals surface area contributed by atoms with Crippen molar-refractivity contribution in [2.75, 3.05) is 39.6 Å². The first-order chi connectivity index (χ1) is 49.7. The minimum Gasteiger partial charge on any atom is -0.462 e. The average molecular weight is 1470 g/mol. The van der Waals surface area contributed by atoms with Gasteiger partial charge in [0.1, 0.15) is 19.3 Å². The van der Waals surface area contributed by atoms with Crippen molar-refractivity contribution >= 4 is 39.5 Å². The van der Waals surface area contributed by atoms with Gasteiger partial charge in [-0.25, -0.2) is 9.13 Å². The normalized spacial score (nSPS) is 14.7. The fraction of sp³-hybridized carbons (Fsp3) is 0.663. The number of allylic oxidation sites excluding steroid dienone is 24. The molecule has 102 heavy (non-hydrogen) atoms. The van der Waals surface area contributed by atoms with Crippen molar-refractivity contribution < 1.29 is 80.2 Å². The van der Waals surface area contributed by atoms with E-state index in [-0.39, 0.29) is 25.7 Å². The van der Waals surface area contributed by atoms with Gasteiger partial charge in [-0.15, -0.1) is 0 Å². The van der Waals surface area contributed by atoms with Crippen molar-refractivity contribution in [3.63, 3.8) is 0 Å². The Balaban J connectivity index is 5.49. The second-order valence-electron chi connectivity index (χ2n) is 25.6. The Bertz CT molecular complexity index is 2510. The summed E-state index contributed by atoms with van der Waals surface area (Å²) in [6.45, 7) is 4.52. The summed E-state index contributed by atoms with van der Waals surface area (Å²) >= 11 is 0. The van der Waals surface area contributed by atoms with Crippen LogP contribution < -0.4 is 0 Å². The highest BCUT2D eigenvalue weighted by Crippen LogP contribution is 2.45. The van der Waals surface area contributed by atoms with Crippen LogP contribution in [0.2, 0.25) is 0 Å². The molecule has 0 heterocycles. The van der Waals surface area contributed by atoms with Gasteiger partial charge < -0.3 is 33.8 Å². The van der Waals surface area contributed by atoms with Crippen LogP contribution in [0, 0.1) is 0 Å². The molecule has 0 aromatic rings. The number of aliphatic hydroxyl groups excluding tert-OH is 1. The average Bonchev–Trinajstić information content (AvgIpc) is 1.04. The lowest BCUT2D eigenvalue weighted by atomic mass is 10.1. The van der Waals surface area contributed by atoms with Gasteiger partial charge in [-0.05, 0) is 154 Å². The highest BCUT2D eigenvalue weighted by atomic mass is 31.2.